The van der Waals surface area contributed by atoms with E-state index in [1.54, 1.807) is 7.11 Å². The first kappa shape index (κ1) is 11.0. The van der Waals surface area contributed by atoms with Crippen LogP contribution >= 0.6 is 0 Å². The van der Waals surface area contributed by atoms with E-state index < -0.39 is 8.07 Å². The van der Waals surface area contributed by atoms with Crippen LogP contribution in [0.4, 0.5) is 0 Å². The van der Waals surface area contributed by atoms with E-state index in [4.69, 9.17) is 4.74 Å². The molecule has 1 rings (SSSR count). The molecule has 3 heteroatoms. The molecule has 0 spiro atoms. The van der Waals surface area contributed by atoms with Gasteiger partial charge >= 0.3 is 0 Å². The lowest BCUT2D eigenvalue weighted by molar-refractivity contribution is 0.112. The predicted octanol–water partition coefficient (Wildman–Crippen LogP) is 2.05. The summed E-state index contributed by atoms with van der Waals surface area (Å²) in [6, 6.07) is 5.87. The summed E-state index contributed by atoms with van der Waals surface area (Å²) in [4.78, 5) is 10.8. The topological polar surface area (TPSA) is 26.3 Å². The van der Waals surface area contributed by atoms with E-state index >= 15 is 0 Å². The molecular formula is C11H16O2Si. The van der Waals surface area contributed by atoms with Crippen LogP contribution in [0.1, 0.15) is 10.4 Å². The number of aldehydes is 1. The van der Waals surface area contributed by atoms with E-state index in [1.807, 2.05) is 12.1 Å². The second-order valence-electron chi connectivity index (χ2n) is 4.32. The fraction of sp³-hybridized carbons (Fsp3) is 0.364. The van der Waals surface area contributed by atoms with E-state index in [1.165, 1.54) is 5.19 Å². The second-order valence-corrected chi connectivity index (χ2v) is 9.40. The largest absolute Gasteiger partial charge is 0.496 e. The number of methoxy groups -OCH3 is 1. The number of hydrogen-bond acceptors (Lipinski definition) is 2. The van der Waals surface area contributed by atoms with Crippen LogP contribution in [0.2, 0.25) is 19.6 Å². The van der Waals surface area contributed by atoms with Crippen molar-refractivity contribution in [3.63, 3.8) is 0 Å². The lowest BCUT2D eigenvalue weighted by atomic mass is 10.2. The van der Waals surface area contributed by atoms with Crippen LogP contribution in [0.5, 0.6) is 5.75 Å². The van der Waals surface area contributed by atoms with E-state index in [0.29, 0.717) is 11.3 Å². The molecule has 0 aliphatic carbocycles. The van der Waals surface area contributed by atoms with Crippen molar-refractivity contribution in [2.24, 2.45) is 0 Å². The minimum Gasteiger partial charge on any atom is -0.496 e. The number of benzene rings is 1. The minimum absolute atomic E-state index is 0.646. The Balaban J connectivity index is 3.21. The Hall–Kier alpha value is -1.09. The number of rotatable bonds is 3. The first-order valence-electron chi connectivity index (χ1n) is 4.62. The van der Waals surface area contributed by atoms with Gasteiger partial charge in [0.05, 0.1) is 20.7 Å². The predicted molar refractivity (Wildman–Crippen MR) is 61.4 cm³/mol. The molecule has 0 unspecified atom stereocenters. The zero-order chi connectivity index (χ0) is 10.8. The maximum absolute atomic E-state index is 10.8. The van der Waals surface area contributed by atoms with Crippen molar-refractivity contribution in [3.8, 4) is 5.75 Å². The molecule has 0 saturated carbocycles. The highest BCUT2D eigenvalue weighted by Crippen LogP contribution is 2.15. The maximum Gasteiger partial charge on any atom is 0.153 e. The van der Waals surface area contributed by atoms with Crippen molar-refractivity contribution in [3.05, 3.63) is 23.8 Å². The molecule has 0 amide bonds. The van der Waals surface area contributed by atoms with Crippen LogP contribution in [0.15, 0.2) is 18.2 Å². The highest BCUT2D eigenvalue weighted by atomic mass is 28.3. The molecular weight excluding hydrogens is 192 g/mol. The maximum atomic E-state index is 10.8. The Bertz CT molecular complexity index is 340. The SMILES string of the molecule is COc1ccc([Si](C)(C)C)cc1C=O. The van der Waals surface area contributed by atoms with E-state index in [-0.39, 0.29) is 0 Å². The molecule has 0 aliphatic heterocycles. The van der Waals surface area contributed by atoms with E-state index in [9.17, 15) is 4.79 Å². The van der Waals surface area contributed by atoms with Crippen LogP contribution in [-0.2, 0) is 0 Å². The third kappa shape index (κ3) is 2.23. The molecule has 0 radical (unpaired) electrons. The van der Waals surface area contributed by atoms with Crippen molar-refractivity contribution in [1.29, 1.82) is 0 Å². The average Bonchev–Trinajstić information content (AvgIpc) is 2.15. The summed E-state index contributed by atoms with van der Waals surface area (Å²) in [5.41, 5.74) is 0.646. The Kier molecular flexibility index (Phi) is 3.11. The molecule has 0 atom stereocenters. The summed E-state index contributed by atoms with van der Waals surface area (Å²) < 4.78 is 5.09. The van der Waals surface area contributed by atoms with E-state index in [2.05, 4.69) is 25.7 Å². The Morgan fingerprint density at radius 2 is 1.93 bits per heavy atom. The molecule has 0 bridgehead atoms. The smallest absolute Gasteiger partial charge is 0.153 e. The van der Waals surface area contributed by atoms with Gasteiger partial charge in [-0.3, -0.25) is 4.79 Å². The highest BCUT2D eigenvalue weighted by molar-refractivity contribution is 6.88. The number of ether oxygens (including phenoxy) is 1. The van der Waals surface area contributed by atoms with Gasteiger partial charge in [-0.25, -0.2) is 0 Å². The highest BCUT2D eigenvalue weighted by Gasteiger charge is 2.17. The molecule has 0 aliphatic rings. The molecule has 0 heterocycles. The molecule has 0 aromatic heterocycles. The molecule has 14 heavy (non-hydrogen) atoms. The molecule has 76 valence electrons. The quantitative estimate of drug-likeness (QED) is 0.561. The van der Waals surface area contributed by atoms with Crippen LogP contribution in [0, 0.1) is 0 Å². The van der Waals surface area contributed by atoms with Gasteiger partial charge in [0, 0.05) is 0 Å². The summed E-state index contributed by atoms with van der Waals surface area (Å²) in [5, 5.41) is 1.28. The van der Waals surface area contributed by atoms with Crippen molar-refractivity contribution < 1.29 is 9.53 Å². The zero-order valence-electron chi connectivity index (χ0n) is 9.13. The lowest BCUT2D eigenvalue weighted by Crippen LogP contribution is -2.37. The van der Waals surface area contributed by atoms with Crippen molar-refractivity contribution in [1.82, 2.24) is 0 Å². The standard InChI is InChI=1S/C11H16O2Si/c1-13-11-6-5-10(14(2,3)4)7-9(11)8-12/h5-8H,1-4H3. The van der Waals surface area contributed by atoms with Gasteiger partial charge in [0.2, 0.25) is 0 Å². The summed E-state index contributed by atoms with van der Waals surface area (Å²) in [6.45, 7) is 6.76. The van der Waals surface area contributed by atoms with Crippen LogP contribution in [0.25, 0.3) is 0 Å². The monoisotopic (exact) mass is 208 g/mol. The third-order valence-electron chi connectivity index (χ3n) is 2.22. The van der Waals surface area contributed by atoms with Crippen molar-refractivity contribution in [2.45, 2.75) is 19.6 Å². The fourth-order valence-corrected chi connectivity index (χ4v) is 2.46. The Labute approximate surface area is 85.9 Å². The number of carbonyl (C=O) groups is 1. The van der Waals surface area contributed by atoms with Gasteiger partial charge in [0.1, 0.15) is 5.75 Å². The zero-order valence-corrected chi connectivity index (χ0v) is 10.1. The molecule has 0 N–H and O–H groups in total. The van der Waals surface area contributed by atoms with Crippen molar-refractivity contribution in [2.75, 3.05) is 7.11 Å². The first-order chi connectivity index (χ1) is 6.49. The van der Waals surface area contributed by atoms with Gasteiger partial charge in [0.25, 0.3) is 0 Å². The summed E-state index contributed by atoms with van der Waals surface area (Å²) in [6.07, 6.45) is 0.850. The second kappa shape index (κ2) is 3.96. The van der Waals surface area contributed by atoms with Gasteiger partial charge in [-0.05, 0) is 12.1 Å². The minimum atomic E-state index is -1.33. The van der Waals surface area contributed by atoms with Gasteiger partial charge < -0.3 is 4.74 Å². The van der Waals surface area contributed by atoms with Crippen molar-refractivity contribution >= 4 is 19.5 Å². The van der Waals surface area contributed by atoms with Crippen LogP contribution in [-0.4, -0.2) is 21.5 Å². The normalized spacial score (nSPS) is 11.1. The molecule has 1 aromatic rings. The number of hydrogen-bond donors (Lipinski definition) is 0. The summed E-state index contributed by atoms with van der Waals surface area (Å²) in [5.74, 6) is 0.655. The summed E-state index contributed by atoms with van der Waals surface area (Å²) >= 11 is 0. The molecule has 0 saturated heterocycles. The van der Waals surface area contributed by atoms with Gasteiger partial charge in [-0.15, -0.1) is 0 Å². The first-order valence-corrected chi connectivity index (χ1v) is 8.12. The molecule has 1 aromatic carbocycles. The lowest BCUT2D eigenvalue weighted by Gasteiger charge is -2.17. The van der Waals surface area contributed by atoms with E-state index in [0.717, 1.165) is 6.29 Å². The fourth-order valence-electron chi connectivity index (χ4n) is 1.29. The Morgan fingerprint density at radius 1 is 1.29 bits per heavy atom. The third-order valence-corrected chi connectivity index (χ3v) is 4.27. The average molecular weight is 208 g/mol. The summed E-state index contributed by atoms with van der Waals surface area (Å²) in [7, 11) is 0.249. The van der Waals surface area contributed by atoms with Crippen LogP contribution in [0.3, 0.4) is 0 Å². The molecule has 2 nitrogen and oxygen atoms in total. The van der Waals surface area contributed by atoms with Gasteiger partial charge in [-0.1, -0.05) is 30.9 Å². The van der Waals surface area contributed by atoms with Gasteiger partial charge in [0.15, 0.2) is 6.29 Å². The Morgan fingerprint density at radius 3 is 2.36 bits per heavy atom. The van der Waals surface area contributed by atoms with Crippen LogP contribution < -0.4 is 9.92 Å². The molecule has 0 fully saturated rings. The number of carbonyl (C=O) groups excluding carboxylic acids is 1. The van der Waals surface area contributed by atoms with Gasteiger partial charge in [-0.2, -0.15) is 0 Å².